The minimum Gasteiger partial charge on any atom is -0.493 e. The lowest BCUT2D eigenvalue weighted by Gasteiger charge is -2.13. The highest BCUT2D eigenvalue weighted by atomic mass is 16.5. The first kappa shape index (κ1) is 14.8. The SMILES string of the molecule is CCOc1ccccc1/C=C1\C(=O)NN(c2ccccc2)C1=O. The molecular formula is C18H16N2O3. The molecule has 0 saturated carbocycles. The van der Waals surface area contributed by atoms with Crippen molar-refractivity contribution in [3.63, 3.8) is 0 Å². The zero-order chi connectivity index (χ0) is 16.2. The molecule has 2 aromatic rings. The van der Waals surface area contributed by atoms with E-state index in [0.29, 0.717) is 23.6 Å². The van der Waals surface area contributed by atoms with E-state index >= 15 is 0 Å². The average molecular weight is 308 g/mol. The first-order valence-electron chi connectivity index (χ1n) is 7.34. The number of hydrogen-bond donors (Lipinski definition) is 1. The molecule has 0 radical (unpaired) electrons. The number of benzene rings is 2. The lowest BCUT2D eigenvalue weighted by atomic mass is 10.1. The summed E-state index contributed by atoms with van der Waals surface area (Å²) in [6.45, 7) is 2.39. The second-order valence-corrected chi connectivity index (χ2v) is 4.95. The fraction of sp³-hybridized carbons (Fsp3) is 0.111. The molecule has 5 nitrogen and oxygen atoms in total. The van der Waals surface area contributed by atoms with E-state index in [1.54, 1.807) is 30.3 Å². The molecule has 1 fully saturated rings. The number of amides is 2. The van der Waals surface area contributed by atoms with Gasteiger partial charge in [0.25, 0.3) is 11.8 Å². The van der Waals surface area contributed by atoms with Gasteiger partial charge in [-0.3, -0.25) is 15.0 Å². The standard InChI is InChI=1S/C18H16N2O3/c1-2-23-16-11-7-6-8-13(16)12-15-17(21)19-20(18(15)22)14-9-4-3-5-10-14/h3-12H,2H2,1H3,(H,19,21)/b15-12+. The third kappa shape index (κ3) is 2.94. The largest absolute Gasteiger partial charge is 0.493 e. The summed E-state index contributed by atoms with van der Waals surface area (Å²) in [6, 6.07) is 16.3. The van der Waals surface area contributed by atoms with E-state index in [-0.39, 0.29) is 11.5 Å². The van der Waals surface area contributed by atoms with E-state index in [1.807, 2.05) is 37.3 Å². The van der Waals surface area contributed by atoms with Gasteiger partial charge >= 0.3 is 0 Å². The summed E-state index contributed by atoms with van der Waals surface area (Å²) >= 11 is 0. The summed E-state index contributed by atoms with van der Waals surface area (Å²) in [5.74, 6) is -0.168. The fourth-order valence-electron chi connectivity index (χ4n) is 2.36. The molecule has 0 atom stereocenters. The van der Waals surface area contributed by atoms with Gasteiger partial charge < -0.3 is 4.74 Å². The Bertz CT molecular complexity index is 769. The van der Waals surface area contributed by atoms with Crippen molar-refractivity contribution < 1.29 is 14.3 Å². The van der Waals surface area contributed by atoms with Gasteiger partial charge in [-0.25, -0.2) is 5.01 Å². The van der Waals surface area contributed by atoms with Crippen molar-refractivity contribution in [2.45, 2.75) is 6.92 Å². The minimum atomic E-state index is -0.426. The highest BCUT2D eigenvalue weighted by Crippen LogP contribution is 2.25. The quantitative estimate of drug-likeness (QED) is 0.697. The number of ether oxygens (including phenoxy) is 1. The normalized spacial score (nSPS) is 15.9. The second kappa shape index (κ2) is 6.36. The highest BCUT2D eigenvalue weighted by Gasteiger charge is 2.34. The van der Waals surface area contributed by atoms with Crippen LogP contribution in [0, 0.1) is 0 Å². The second-order valence-electron chi connectivity index (χ2n) is 4.95. The van der Waals surface area contributed by atoms with Crippen LogP contribution in [-0.4, -0.2) is 18.4 Å². The molecule has 0 bridgehead atoms. The maximum absolute atomic E-state index is 12.5. The number of carbonyl (C=O) groups excluding carboxylic acids is 2. The fourth-order valence-corrected chi connectivity index (χ4v) is 2.36. The van der Waals surface area contributed by atoms with Crippen LogP contribution < -0.4 is 15.2 Å². The number of nitrogens with one attached hydrogen (secondary N) is 1. The summed E-state index contributed by atoms with van der Waals surface area (Å²) in [4.78, 5) is 24.7. The summed E-state index contributed by atoms with van der Waals surface area (Å²) in [5.41, 5.74) is 3.98. The van der Waals surface area contributed by atoms with E-state index in [1.165, 1.54) is 5.01 Å². The van der Waals surface area contributed by atoms with Crippen molar-refractivity contribution in [2.24, 2.45) is 0 Å². The summed E-state index contributed by atoms with van der Waals surface area (Å²) in [6.07, 6.45) is 1.56. The topological polar surface area (TPSA) is 58.6 Å². The van der Waals surface area contributed by atoms with Crippen LogP contribution in [0.15, 0.2) is 60.2 Å². The monoisotopic (exact) mass is 308 g/mol. The molecule has 1 aliphatic rings. The van der Waals surface area contributed by atoms with Crippen LogP contribution in [0.5, 0.6) is 5.75 Å². The van der Waals surface area contributed by atoms with E-state index in [9.17, 15) is 9.59 Å². The molecule has 1 aliphatic heterocycles. The van der Waals surface area contributed by atoms with E-state index in [4.69, 9.17) is 4.74 Å². The van der Waals surface area contributed by atoms with Crippen LogP contribution in [0.1, 0.15) is 12.5 Å². The van der Waals surface area contributed by atoms with Gasteiger partial charge in [-0.15, -0.1) is 0 Å². The number of hydrogen-bond acceptors (Lipinski definition) is 3. The average Bonchev–Trinajstić information content (AvgIpc) is 2.86. The Kier molecular flexibility index (Phi) is 4.10. The third-order valence-corrected chi connectivity index (χ3v) is 3.42. The molecule has 1 N–H and O–H groups in total. The molecule has 2 aromatic carbocycles. The molecule has 5 heteroatoms. The van der Waals surface area contributed by atoms with Crippen molar-refractivity contribution in [3.8, 4) is 5.75 Å². The van der Waals surface area contributed by atoms with E-state index in [2.05, 4.69) is 5.43 Å². The maximum atomic E-state index is 12.5. The van der Waals surface area contributed by atoms with Gasteiger partial charge in [-0.1, -0.05) is 36.4 Å². The molecule has 3 rings (SSSR count). The molecule has 1 saturated heterocycles. The molecule has 0 unspecified atom stereocenters. The van der Waals surface area contributed by atoms with Crippen molar-refractivity contribution in [1.82, 2.24) is 5.43 Å². The van der Waals surface area contributed by atoms with Gasteiger partial charge in [0.15, 0.2) is 0 Å². The van der Waals surface area contributed by atoms with Crippen LogP contribution in [0.25, 0.3) is 6.08 Å². The number of para-hydroxylation sites is 2. The smallest absolute Gasteiger partial charge is 0.282 e. The van der Waals surface area contributed by atoms with Crippen LogP contribution >= 0.6 is 0 Å². The molecule has 23 heavy (non-hydrogen) atoms. The summed E-state index contributed by atoms with van der Waals surface area (Å²) in [7, 11) is 0. The van der Waals surface area contributed by atoms with Crippen molar-refractivity contribution in [1.29, 1.82) is 0 Å². The molecule has 0 aliphatic carbocycles. The van der Waals surface area contributed by atoms with Gasteiger partial charge in [0, 0.05) is 5.56 Å². The predicted molar refractivity (Wildman–Crippen MR) is 87.7 cm³/mol. The van der Waals surface area contributed by atoms with Gasteiger partial charge in [0.05, 0.1) is 12.3 Å². The van der Waals surface area contributed by atoms with Gasteiger partial charge in [-0.2, -0.15) is 0 Å². The predicted octanol–water partition coefficient (Wildman–Crippen LogP) is 2.55. The first-order valence-corrected chi connectivity index (χ1v) is 7.34. The summed E-state index contributed by atoms with van der Waals surface area (Å²) in [5, 5.41) is 1.25. The zero-order valence-electron chi connectivity index (χ0n) is 12.7. The lowest BCUT2D eigenvalue weighted by Crippen LogP contribution is -2.35. The van der Waals surface area contributed by atoms with Crippen LogP contribution in [0.2, 0.25) is 0 Å². The zero-order valence-corrected chi connectivity index (χ0v) is 12.7. The van der Waals surface area contributed by atoms with Gasteiger partial charge in [0.1, 0.15) is 11.3 Å². The molecule has 2 amide bonds. The molecular weight excluding hydrogens is 292 g/mol. The molecule has 0 aromatic heterocycles. The number of anilines is 1. The van der Waals surface area contributed by atoms with E-state index < -0.39 is 5.91 Å². The Morgan fingerprint density at radius 1 is 1.04 bits per heavy atom. The minimum absolute atomic E-state index is 0.0843. The van der Waals surface area contributed by atoms with Crippen LogP contribution in [0.4, 0.5) is 5.69 Å². The van der Waals surface area contributed by atoms with Crippen LogP contribution in [0.3, 0.4) is 0 Å². The lowest BCUT2D eigenvalue weighted by molar-refractivity contribution is -0.117. The molecule has 1 heterocycles. The third-order valence-electron chi connectivity index (χ3n) is 3.42. The van der Waals surface area contributed by atoms with Crippen molar-refractivity contribution >= 4 is 23.6 Å². The van der Waals surface area contributed by atoms with Gasteiger partial charge in [0.2, 0.25) is 0 Å². The molecule has 116 valence electrons. The summed E-state index contributed by atoms with van der Waals surface area (Å²) < 4.78 is 5.53. The van der Waals surface area contributed by atoms with E-state index in [0.717, 1.165) is 0 Å². The Morgan fingerprint density at radius 2 is 1.74 bits per heavy atom. The first-order chi connectivity index (χ1) is 11.2. The Hall–Kier alpha value is -3.08. The number of rotatable bonds is 4. The Balaban J connectivity index is 1.95. The van der Waals surface area contributed by atoms with Crippen LogP contribution in [-0.2, 0) is 9.59 Å². The Labute approximate surface area is 134 Å². The maximum Gasteiger partial charge on any atom is 0.282 e. The van der Waals surface area contributed by atoms with Gasteiger partial charge in [-0.05, 0) is 31.2 Å². The highest BCUT2D eigenvalue weighted by molar-refractivity contribution is 6.31. The molecule has 0 spiro atoms. The van der Waals surface area contributed by atoms with Crippen molar-refractivity contribution in [2.75, 3.05) is 11.6 Å². The number of hydrazine groups is 1. The number of carbonyl (C=O) groups is 2. The Morgan fingerprint density at radius 3 is 2.48 bits per heavy atom. The van der Waals surface area contributed by atoms with Crippen molar-refractivity contribution in [3.05, 3.63) is 65.7 Å². The number of nitrogens with zero attached hydrogens (tertiary/aromatic N) is 1.